The lowest BCUT2D eigenvalue weighted by atomic mass is 10.2. The molecule has 3 aromatic rings. The zero-order valence-corrected chi connectivity index (χ0v) is 18.7. The molecule has 1 aliphatic heterocycles. The predicted octanol–water partition coefficient (Wildman–Crippen LogP) is 4.36. The van der Waals surface area contributed by atoms with Gasteiger partial charge in [0, 0.05) is 37.6 Å². The summed E-state index contributed by atoms with van der Waals surface area (Å²) in [6.45, 7) is 3.80. The number of nitrogens with zero attached hydrogens (tertiary/aromatic N) is 2. The quantitative estimate of drug-likeness (QED) is 0.510. The average Bonchev–Trinajstić information content (AvgIpc) is 3.23. The number of piperazine rings is 1. The van der Waals surface area contributed by atoms with Gasteiger partial charge in [-0.3, -0.25) is 9.59 Å². The average molecular weight is 476 g/mol. The Morgan fingerprint density at radius 1 is 0.968 bits per heavy atom. The highest BCUT2D eigenvalue weighted by Crippen LogP contribution is 2.28. The van der Waals surface area contributed by atoms with Gasteiger partial charge in [0.15, 0.2) is 5.69 Å². The van der Waals surface area contributed by atoms with Crippen LogP contribution in [0, 0.1) is 0 Å². The summed E-state index contributed by atoms with van der Waals surface area (Å²) in [5.74, 6) is -0.925. The van der Waals surface area contributed by atoms with Crippen LogP contribution in [0.5, 0.6) is 0 Å². The molecule has 160 valence electrons. The summed E-state index contributed by atoms with van der Waals surface area (Å²) in [5.41, 5.74) is 3.51. The van der Waals surface area contributed by atoms with Gasteiger partial charge in [-0.15, -0.1) is 11.3 Å². The van der Waals surface area contributed by atoms with Crippen LogP contribution in [0.15, 0.2) is 48.0 Å². The van der Waals surface area contributed by atoms with Crippen LogP contribution in [-0.2, 0) is 0 Å². The molecule has 10 heteroatoms. The van der Waals surface area contributed by atoms with Crippen molar-refractivity contribution in [3.63, 3.8) is 0 Å². The van der Waals surface area contributed by atoms with E-state index < -0.39 is 11.8 Å². The predicted molar refractivity (Wildman–Crippen MR) is 126 cm³/mol. The fraction of sp³-hybridized carbons (Fsp3) is 0.190. The molecule has 4 rings (SSSR count). The second kappa shape index (κ2) is 9.65. The Morgan fingerprint density at radius 3 is 2.32 bits per heavy atom. The number of halogens is 2. The van der Waals surface area contributed by atoms with Gasteiger partial charge < -0.3 is 20.9 Å². The zero-order chi connectivity index (χ0) is 21.8. The lowest BCUT2D eigenvalue weighted by molar-refractivity contribution is 0.102. The normalized spacial score (nSPS) is 13.7. The van der Waals surface area contributed by atoms with Gasteiger partial charge in [-0.2, -0.15) is 0 Å². The molecule has 0 atom stereocenters. The van der Waals surface area contributed by atoms with Crippen molar-refractivity contribution in [2.75, 3.05) is 41.7 Å². The number of nitrogens with one attached hydrogen (secondary N) is 3. The minimum atomic E-state index is -0.505. The lowest BCUT2D eigenvalue weighted by Crippen LogP contribution is -2.43. The first-order valence-corrected chi connectivity index (χ1v) is 11.2. The maximum Gasteiger partial charge on any atom is 0.277 e. The topological polar surface area (TPSA) is 86.4 Å². The number of carbonyl (C=O) groups excluding carboxylic acids is 2. The van der Waals surface area contributed by atoms with Gasteiger partial charge in [0.05, 0.1) is 21.1 Å². The van der Waals surface area contributed by atoms with Gasteiger partial charge in [0.1, 0.15) is 5.00 Å². The molecular formula is C21H19Cl2N5O2S. The fourth-order valence-corrected chi connectivity index (χ4v) is 4.49. The number of thiazole rings is 1. The number of hydrogen-bond acceptors (Lipinski definition) is 6. The Morgan fingerprint density at radius 2 is 1.65 bits per heavy atom. The molecule has 0 bridgehead atoms. The van der Waals surface area contributed by atoms with Crippen molar-refractivity contribution in [3.8, 4) is 0 Å². The van der Waals surface area contributed by atoms with Crippen molar-refractivity contribution in [1.82, 2.24) is 10.3 Å². The van der Waals surface area contributed by atoms with Crippen LogP contribution >= 0.6 is 34.5 Å². The molecule has 2 amide bonds. The van der Waals surface area contributed by atoms with E-state index in [-0.39, 0.29) is 21.3 Å². The van der Waals surface area contributed by atoms with E-state index >= 15 is 0 Å². The van der Waals surface area contributed by atoms with E-state index in [1.807, 2.05) is 24.3 Å². The molecule has 0 unspecified atom stereocenters. The summed E-state index contributed by atoms with van der Waals surface area (Å²) in [7, 11) is 0. The van der Waals surface area contributed by atoms with E-state index in [4.69, 9.17) is 23.2 Å². The largest absolute Gasteiger partial charge is 0.369 e. The molecule has 1 saturated heterocycles. The van der Waals surface area contributed by atoms with Crippen LogP contribution in [0.1, 0.15) is 20.8 Å². The highest BCUT2D eigenvalue weighted by Gasteiger charge is 2.21. The third-order valence-corrected chi connectivity index (χ3v) is 6.18. The summed E-state index contributed by atoms with van der Waals surface area (Å²) >= 11 is 13.3. The molecule has 0 spiro atoms. The first-order chi connectivity index (χ1) is 15.0. The van der Waals surface area contributed by atoms with Gasteiger partial charge in [-0.1, -0.05) is 29.3 Å². The van der Waals surface area contributed by atoms with E-state index in [1.165, 1.54) is 5.51 Å². The molecule has 1 aromatic heterocycles. The van der Waals surface area contributed by atoms with Crippen LogP contribution in [0.4, 0.5) is 16.4 Å². The second-order valence-corrected chi connectivity index (χ2v) is 8.49. The van der Waals surface area contributed by atoms with Crippen molar-refractivity contribution in [3.05, 3.63) is 69.3 Å². The number of carbonyl (C=O) groups is 2. The summed E-state index contributed by atoms with van der Waals surface area (Å²) < 4.78 is 0. The highest BCUT2D eigenvalue weighted by atomic mass is 35.5. The molecule has 7 nitrogen and oxygen atoms in total. The molecule has 31 heavy (non-hydrogen) atoms. The molecule has 0 aliphatic carbocycles. The summed E-state index contributed by atoms with van der Waals surface area (Å²) in [5, 5.41) is 9.60. The van der Waals surface area contributed by atoms with E-state index in [9.17, 15) is 9.59 Å². The summed E-state index contributed by atoms with van der Waals surface area (Å²) in [4.78, 5) is 31.8. The van der Waals surface area contributed by atoms with E-state index in [2.05, 4.69) is 25.8 Å². The second-order valence-electron chi connectivity index (χ2n) is 6.82. The Hall–Kier alpha value is -2.65. The number of aromatic nitrogens is 1. The van der Waals surface area contributed by atoms with Gasteiger partial charge in [0.2, 0.25) is 0 Å². The summed E-state index contributed by atoms with van der Waals surface area (Å²) in [6, 6.07) is 12.5. The standard InChI is InChI=1S/C21H19Cl2N5O2S/c22-15-2-1-3-16(23)17(15)19(29)27-21-18(25-12-31-21)20(30)26-13-4-6-14(7-5-13)28-10-8-24-9-11-28/h1-7,12,24H,8-11H2,(H,26,30)(H,27,29). The van der Waals surface area contributed by atoms with Gasteiger partial charge in [-0.05, 0) is 36.4 Å². The number of amides is 2. The molecular weight excluding hydrogens is 457 g/mol. The lowest BCUT2D eigenvalue weighted by Gasteiger charge is -2.29. The minimum Gasteiger partial charge on any atom is -0.369 e. The fourth-order valence-electron chi connectivity index (χ4n) is 3.25. The maximum absolute atomic E-state index is 12.7. The van der Waals surface area contributed by atoms with E-state index in [1.54, 1.807) is 18.2 Å². The molecule has 0 radical (unpaired) electrons. The Kier molecular flexibility index (Phi) is 6.72. The van der Waals surface area contributed by atoms with Crippen molar-refractivity contribution < 1.29 is 9.59 Å². The number of benzene rings is 2. The number of hydrogen-bond donors (Lipinski definition) is 3. The molecule has 0 saturated carbocycles. The molecule has 2 heterocycles. The maximum atomic E-state index is 12.7. The van der Waals surface area contributed by atoms with Crippen molar-refractivity contribution >= 4 is 62.7 Å². The molecule has 1 fully saturated rings. The van der Waals surface area contributed by atoms with Crippen LogP contribution in [-0.4, -0.2) is 43.0 Å². The SMILES string of the molecule is O=C(Nc1ccc(N2CCNCC2)cc1)c1ncsc1NC(=O)c1c(Cl)cccc1Cl. The van der Waals surface area contributed by atoms with E-state index in [0.29, 0.717) is 10.7 Å². The highest BCUT2D eigenvalue weighted by molar-refractivity contribution is 7.14. The first-order valence-electron chi connectivity index (χ1n) is 9.59. The molecule has 3 N–H and O–H groups in total. The Balaban J connectivity index is 1.44. The monoisotopic (exact) mass is 475 g/mol. The van der Waals surface area contributed by atoms with Gasteiger partial charge >= 0.3 is 0 Å². The van der Waals surface area contributed by atoms with Crippen LogP contribution in [0.2, 0.25) is 10.0 Å². The molecule has 1 aliphatic rings. The summed E-state index contributed by atoms with van der Waals surface area (Å²) in [6.07, 6.45) is 0. The van der Waals surface area contributed by atoms with Crippen LogP contribution in [0.25, 0.3) is 0 Å². The van der Waals surface area contributed by atoms with Gasteiger partial charge in [-0.25, -0.2) is 4.98 Å². The van der Waals surface area contributed by atoms with Crippen LogP contribution < -0.4 is 20.9 Å². The number of rotatable bonds is 5. The number of anilines is 3. The van der Waals surface area contributed by atoms with Crippen molar-refractivity contribution in [2.45, 2.75) is 0 Å². The third kappa shape index (κ3) is 4.99. The molecule has 2 aromatic carbocycles. The Labute approximate surface area is 193 Å². The van der Waals surface area contributed by atoms with Crippen molar-refractivity contribution in [2.24, 2.45) is 0 Å². The van der Waals surface area contributed by atoms with E-state index in [0.717, 1.165) is 43.2 Å². The minimum absolute atomic E-state index is 0.118. The smallest absolute Gasteiger partial charge is 0.277 e. The van der Waals surface area contributed by atoms with Crippen molar-refractivity contribution in [1.29, 1.82) is 0 Å². The first kappa shape index (κ1) is 21.6. The zero-order valence-electron chi connectivity index (χ0n) is 16.3. The Bertz CT molecular complexity index is 1080. The van der Waals surface area contributed by atoms with Crippen LogP contribution in [0.3, 0.4) is 0 Å². The van der Waals surface area contributed by atoms with Gasteiger partial charge in [0.25, 0.3) is 11.8 Å². The third-order valence-electron chi connectivity index (χ3n) is 4.81.